The third-order valence-corrected chi connectivity index (χ3v) is 35.4. The van der Waals surface area contributed by atoms with Gasteiger partial charge in [-0.1, -0.05) is 0 Å². The molecule has 0 saturated carbocycles. The van der Waals surface area contributed by atoms with E-state index in [4.69, 9.17) is 35.4 Å². The first-order valence-electron chi connectivity index (χ1n) is 9.73. The summed E-state index contributed by atoms with van der Waals surface area (Å²) in [5, 5.41) is 0. The molecule has 0 aromatic rings. The Bertz CT molecular complexity index is 383. The summed E-state index contributed by atoms with van der Waals surface area (Å²) in [6, 6.07) is 0. The molecular formula is C16H44O8Si5. The van der Waals surface area contributed by atoms with Crippen LogP contribution in [0.4, 0.5) is 0 Å². The van der Waals surface area contributed by atoms with Crippen molar-refractivity contribution in [1.82, 2.24) is 0 Å². The first kappa shape index (κ1) is 29.8. The van der Waals surface area contributed by atoms with E-state index in [1.54, 1.807) is 56.9 Å². The van der Waals surface area contributed by atoms with Crippen LogP contribution in [0.1, 0.15) is 0 Å². The molecule has 0 amide bonds. The van der Waals surface area contributed by atoms with Gasteiger partial charge in [-0.05, 0) is 48.9 Å². The standard InChI is InChI=1S/C16H44O8Si5/c1-17-25(9,18-2)13-29(14-26(10,19-3)20-4,15-27(11,21-5)22-6)16-28(12,23-7)24-8/h13-16H2,1-12H3. The number of hydrogen-bond acceptors (Lipinski definition) is 8. The van der Waals surface area contributed by atoms with Crippen molar-refractivity contribution in [1.29, 1.82) is 0 Å². The molecule has 0 aliphatic rings. The highest BCUT2D eigenvalue weighted by molar-refractivity contribution is 7.08. The third-order valence-electron chi connectivity index (χ3n) is 6.24. The Morgan fingerprint density at radius 2 is 0.483 bits per heavy atom. The van der Waals surface area contributed by atoms with Gasteiger partial charge in [0.15, 0.2) is 0 Å². The van der Waals surface area contributed by atoms with Crippen LogP contribution in [0.3, 0.4) is 0 Å². The summed E-state index contributed by atoms with van der Waals surface area (Å²) >= 11 is 0. The lowest BCUT2D eigenvalue weighted by atomic mass is 11.7. The Balaban J connectivity index is 6.57. The van der Waals surface area contributed by atoms with Crippen molar-refractivity contribution >= 4 is 42.3 Å². The molecule has 0 saturated heterocycles. The molecule has 0 heterocycles. The lowest BCUT2D eigenvalue weighted by Crippen LogP contribution is -2.62. The zero-order valence-corrected chi connectivity index (χ0v) is 25.6. The van der Waals surface area contributed by atoms with Crippen molar-refractivity contribution < 1.29 is 35.4 Å². The van der Waals surface area contributed by atoms with Gasteiger partial charge >= 0.3 is 34.2 Å². The monoisotopic (exact) mass is 504 g/mol. The topological polar surface area (TPSA) is 73.8 Å². The van der Waals surface area contributed by atoms with E-state index in [-0.39, 0.29) is 0 Å². The number of hydrogen-bond donors (Lipinski definition) is 0. The highest BCUT2D eigenvalue weighted by Crippen LogP contribution is 2.41. The highest BCUT2D eigenvalue weighted by Gasteiger charge is 2.57. The molecule has 0 rings (SSSR count). The van der Waals surface area contributed by atoms with Crippen molar-refractivity contribution in [2.24, 2.45) is 0 Å². The van der Waals surface area contributed by atoms with Crippen LogP contribution in [0.15, 0.2) is 0 Å². The SMILES string of the molecule is CO[Si](C)(C[Si](C[Si](C)(OC)OC)(C[Si](C)(OC)OC)C[Si](C)(OC)OC)OC. The van der Waals surface area contributed by atoms with Gasteiger partial charge in [-0.3, -0.25) is 0 Å². The maximum Gasteiger partial charge on any atom is 0.331 e. The van der Waals surface area contributed by atoms with Crippen LogP contribution < -0.4 is 0 Å². The zero-order chi connectivity index (χ0) is 23.0. The summed E-state index contributed by atoms with van der Waals surface area (Å²) in [5.74, 6) is 0. The van der Waals surface area contributed by atoms with Crippen molar-refractivity contribution in [2.45, 2.75) is 48.9 Å². The second kappa shape index (κ2) is 12.1. The average Bonchev–Trinajstić information content (AvgIpc) is 2.73. The molecule has 29 heavy (non-hydrogen) atoms. The fourth-order valence-corrected chi connectivity index (χ4v) is 40.8. The predicted molar refractivity (Wildman–Crippen MR) is 128 cm³/mol. The Kier molecular flexibility index (Phi) is 12.4. The van der Waals surface area contributed by atoms with Crippen LogP contribution in [0.2, 0.25) is 48.9 Å². The summed E-state index contributed by atoms with van der Waals surface area (Å²) in [7, 11) is 2.01. The molecule has 0 bridgehead atoms. The van der Waals surface area contributed by atoms with Crippen LogP contribution in [0, 0.1) is 0 Å². The van der Waals surface area contributed by atoms with E-state index in [0.717, 1.165) is 22.7 Å². The van der Waals surface area contributed by atoms with Crippen molar-refractivity contribution in [2.75, 3.05) is 56.9 Å². The first-order chi connectivity index (χ1) is 13.3. The van der Waals surface area contributed by atoms with Crippen molar-refractivity contribution in [3.63, 3.8) is 0 Å². The van der Waals surface area contributed by atoms with Crippen LogP contribution in [-0.4, -0.2) is 99.2 Å². The molecule has 0 aliphatic heterocycles. The van der Waals surface area contributed by atoms with E-state index in [9.17, 15) is 0 Å². The fraction of sp³-hybridized carbons (Fsp3) is 1.00. The molecule has 0 unspecified atom stereocenters. The molecule has 0 aliphatic carbocycles. The zero-order valence-electron chi connectivity index (χ0n) is 20.6. The van der Waals surface area contributed by atoms with Gasteiger partial charge in [0.25, 0.3) is 0 Å². The second-order valence-corrected chi connectivity index (χ2v) is 29.4. The van der Waals surface area contributed by atoms with Gasteiger partial charge in [-0.2, -0.15) is 0 Å². The van der Waals surface area contributed by atoms with Crippen LogP contribution in [0.25, 0.3) is 0 Å². The molecule has 0 aromatic carbocycles. The Hall–Kier alpha value is 0.764. The van der Waals surface area contributed by atoms with Gasteiger partial charge in [0, 0.05) is 56.9 Å². The quantitative estimate of drug-likeness (QED) is 0.297. The van der Waals surface area contributed by atoms with Crippen LogP contribution >= 0.6 is 0 Å². The molecule has 13 heteroatoms. The minimum Gasteiger partial charge on any atom is -0.398 e. The maximum absolute atomic E-state index is 5.94. The number of rotatable bonds is 16. The molecule has 0 spiro atoms. The third kappa shape index (κ3) is 8.66. The van der Waals surface area contributed by atoms with Gasteiger partial charge in [0.1, 0.15) is 0 Å². The van der Waals surface area contributed by atoms with E-state index in [2.05, 4.69) is 26.2 Å². The van der Waals surface area contributed by atoms with E-state index in [1.807, 2.05) is 0 Å². The summed E-state index contributed by atoms with van der Waals surface area (Å²) in [4.78, 5) is 0. The maximum atomic E-state index is 5.94. The summed E-state index contributed by atoms with van der Waals surface area (Å²) in [5.41, 5.74) is 3.47. The summed E-state index contributed by atoms with van der Waals surface area (Å²) in [6.07, 6.45) is 0. The lowest BCUT2D eigenvalue weighted by Gasteiger charge is -2.45. The van der Waals surface area contributed by atoms with E-state index in [1.165, 1.54) is 0 Å². The second-order valence-electron chi connectivity index (χ2n) is 8.38. The molecule has 0 aromatic heterocycles. The van der Waals surface area contributed by atoms with Gasteiger partial charge in [-0.25, -0.2) is 0 Å². The normalized spacial score (nSPS) is 14.5. The molecule has 0 fully saturated rings. The van der Waals surface area contributed by atoms with E-state index < -0.39 is 42.3 Å². The minimum atomic E-state index is -2.41. The highest BCUT2D eigenvalue weighted by atomic mass is 28.5. The van der Waals surface area contributed by atoms with E-state index >= 15 is 0 Å². The lowest BCUT2D eigenvalue weighted by molar-refractivity contribution is 0.247. The van der Waals surface area contributed by atoms with Crippen molar-refractivity contribution in [3.05, 3.63) is 0 Å². The molecule has 176 valence electrons. The smallest absolute Gasteiger partial charge is 0.331 e. The molecule has 0 atom stereocenters. The molecule has 0 N–H and O–H groups in total. The fourth-order valence-electron chi connectivity index (χ4n) is 4.01. The van der Waals surface area contributed by atoms with Gasteiger partial charge in [0.2, 0.25) is 0 Å². The van der Waals surface area contributed by atoms with Crippen LogP contribution in [0.5, 0.6) is 0 Å². The first-order valence-corrected chi connectivity index (χ1v) is 22.7. The molecule has 0 radical (unpaired) electrons. The predicted octanol–water partition coefficient (Wildman–Crippen LogP) is 3.05. The Morgan fingerprint density at radius 3 is 0.586 bits per heavy atom. The molecule has 8 nitrogen and oxygen atoms in total. The van der Waals surface area contributed by atoms with E-state index in [0.29, 0.717) is 0 Å². The summed E-state index contributed by atoms with van der Waals surface area (Å²) < 4.78 is 47.5. The minimum absolute atomic E-state index is 0.868. The Labute approximate surface area is 183 Å². The van der Waals surface area contributed by atoms with Crippen molar-refractivity contribution in [3.8, 4) is 0 Å². The largest absolute Gasteiger partial charge is 0.398 e. The van der Waals surface area contributed by atoms with Crippen LogP contribution in [-0.2, 0) is 35.4 Å². The van der Waals surface area contributed by atoms with Gasteiger partial charge < -0.3 is 35.4 Å². The van der Waals surface area contributed by atoms with Gasteiger partial charge in [0.05, 0.1) is 8.07 Å². The Morgan fingerprint density at radius 1 is 0.345 bits per heavy atom. The van der Waals surface area contributed by atoms with Gasteiger partial charge in [-0.15, -0.1) is 0 Å². The summed E-state index contributed by atoms with van der Waals surface area (Å²) in [6.45, 7) is 8.46. The average molecular weight is 505 g/mol. The molecular weight excluding hydrogens is 461 g/mol.